The lowest BCUT2D eigenvalue weighted by Crippen LogP contribution is -2.54. The zero-order valence-corrected chi connectivity index (χ0v) is 37.8. The Labute approximate surface area is 393 Å². The maximum atomic E-state index is 13.5. The molecule has 5 heterocycles. The molecule has 5 N–H and O–H groups in total. The first-order valence-electron chi connectivity index (χ1n) is 22.5. The molecule has 4 aromatic rings. The summed E-state index contributed by atoms with van der Waals surface area (Å²) in [5, 5.41) is 12.5. The van der Waals surface area contributed by atoms with E-state index in [2.05, 4.69) is 45.6 Å². The third kappa shape index (κ3) is 11.6. The Morgan fingerprint density at radius 3 is 2.28 bits per heavy atom. The number of carbonyl (C=O) groups is 5. The average Bonchev–Trinajstić information content (AvgIpc) is 3.80. The highest BCUT2D eigenvalue weighted by atomic mass is 19.4. The van der Waals surface area contributed by atoms with Crippen molar-refractivity contribution in [2.45, 2.75) is 38.1 Å². The van der Waals surface area contributed by atoms with E-state index in [1.54, 1.807) is 37.5 Å². The van der Waals surface area contributed by atoms with Crippen LogP contribution in [0.4, 0.5) is 36.2 Å². The molecule has 2 saturated heterocycles. The number of aromatic nitrogens is 4. The highest BCUT2D eigenvalue weighted by Gasteiger charge is 2.45. The summed E-state index contributed by atoms with van der Waals surface area (Å²) in [6.07, 6.45) is -2.15. The molecule has 0 bridgehead atoms. The molecule has 69 heavy (non-hydrogen) atoms. The van der Waals surface area contributed by atoms with E-state index in [-0.39, 0.29) is 41.3 Å². The van der Waals surface area contributed by atoms with Gasteiger partial charge in [-0.25, -0.2) is 9.97 Å². The number of piperidine rings is 1. The van der Waals surface area contributed by atoms with Crippen LogP contribution in [0.5, 0.6) is 5.75 Å². The monoisotopic (exact) mass is 963 g/mol. The quantitative estimate of drug-likeness (QED) is 0.0653. The number of hydrogen-bond donors (Lipinski definition) is 4. The van der Waals surface area contributed by atoms with Gasteiger partial charge in [0.2, 0.25) is 17.8 Å². The molecule has 2 aromatic carbocycles. The van der Waals surface area contributed by atoms with Gasteiger partial charge in [0.05, 0.1) is 81.1 Å². The minimum absolute atomic E-state index is 0.0291. The van der Waals surface area contributed by atoms with Crippen molar-refractivity contribution in [1.82, 2.24) is 34.9 Å². The molecule has 1 unspecified atom stereocenters. The molecular weight excluding hydrogens is 912 g/mol. The second-order valence-electron chi connectivity index (χ2n) is 16.5. The van der Waals surface area contributed by atoms with Crippen LogP contribution < -0.4 is 31.3 Å². The van der Waals surface area contributed by atoms with Crippen LogP contribution in [0.2, 0.25) is 0 Å². The van der Waals surface area contributed by atoms with Crippen LogP contribution in [0.15, 0.2) is 42.6 Å². The number of amides is 5. The van der Waals surface area contributed by atoms with Gasteiger partial charge in [0.25, 0.3) is 17.7 Å². The van der Waals surface area contributed by atoms with Gasteiger partial charge in [-0.15, -0.1) is 13.2 Å². The molecule has 2 fully saturated rings. The Balaban J connectivity index is 0.689. The van der Waals surface area contributed by atoms with E-state index in [0.717, 1.165) is 10.5 Å². The first-order chi connectivity index (χ1) is 33.3. The van der Waals surface area contributed by atoms with E-state index in [4.69, 9.17) is 24.7 Å². The Bertz CT molecular complexity index is 2570. The molecule has 24 heteroatoms. The van der Waals surface area contributed by atoms with Crippen LogP contribution in [0.1, 0.15) is 55.2 Å². The number of halogens is 3. The van der Waals surface area contributed by atoms with Crippen molar-refractivity contribution in [1.29, 1.82) is 0 Å². The number of imide groups is 2. The number of rotatable bonds is 22. The number of anilines is 4. The molecule has 21 nitrogen and oxygen atoms in total. The summed E-state index contributed by atoms with van der Waals surface area (Å²) < 4.78 is 68.9. The van der Waals surface area contributed by atoms with Gasteiger partial charge in [-0.2, -0.15) is 5.10 Å². The third-order valence-corrected chi connectivity index (χ3v) is 12.0. The van der Waals surface area contributed by atoms with Crippen molar-refractivity contribution >= 4 is 52.5 Å². The van der Waals surface area contributed by atoms with Gasteiger partial charge in [-0.1, -0.05) is 6.07 Å². The lowest BCUT2D eigenvalue weighted by Gasteiger charge is -2.36. The van der Waals surface area contributed by atoms with Crippen molar-refractivity contribution in [3.63, 3.8) is 0 Å². The largest absolute Gasteiger partial charge is 0.573 e. The van der Waals surface area contributed by atoms with Crippen molar-refractivity contribution < 1.29 is 60.8 Å². The van der Waals surface area contributed by atoms with Crippen LogP contribution in [0.3, 0.4) is 0 Å². The Kier molecular flexibility index (Phi) is 15.3. The van der Waals surface area contributed by atoms with Crippen LogP contribution in [0, 0.1) is 0 Å². The highest BCUT2D eigenvalue weighted by Crippen LogP contribution is 2.38. The van der Waals surface area contributed by atoms with E-state index in [1.807, 2.05) is 0 Å². The van der Waals surface area contributed by atoms with Gasteiger partial charge in [-0.05, 0) is 55.2 Å². The predicted octanol–water partition coefficient (Wildman–Crippen LogP) is 2.42. The van der Waals surface area contributed by atoms with Crippen molar-refractivity contribution in [3.8, 4) is 17.1 Å². The Morgan fingerprint density at radius 2 is 1.58 bits per heavy atom. The normalized spacial score (nSPS) is 17.1. The molecule has 368 valence electrons. The van der Waals surface area contributed by atoms with Gasteiger partial charge in [0, 0.05) is 75.9 Å². The van der Waals surface area contributed by atoms with Crippen molar-refractivity contribution in [2.75, 3.05) is 108 Å². The summed E-state index contributed by atoms with van der Waals surface area (Å²) >= 11 is 0. The zero-order chi connectivity index (χ0) is 48.7. The van der Waals surface area contributed by atoms with E-state index in [9.17, 15) is 37.1 Å². The zero-order valence-electron chi connectivity index (χ0n) is 37.8. The van der Waals surface area contributed by atoms with E-state index < -0.39 is 47.7 Å². The first kappa shape index (κ1) is 48.7. The van der Waals surface area contributed by atoms with Gasteiger partial charge in [0.15, 0.2) is 11.4 Å². The molecule has 5 amide bonds. The molecule has 1 atom stereocenters. The maximum Gasteiger partial charge on any atom is 0.573 e. The summed E-state index contributed by atoms with van der Waals surface area (Å²) in [5.41, 5.74) is 9.82. The van der Waals surface area contributed by atoms with Crippen LogP contribution >= 0.6 is 0 Å². The number of fused-ring (bicyclic) bond motifs is 4. The fourth-order valence-electron chi connectivity index (χ4n) is 8.67. The lowest BCUT2D eigenvalue weighted by molar-refractivity contribution is -0.274. The number of primary amides is 1. The lowest BCUT2D eigenvalue weighted by atomic mass is 9.93. The molecule has 0 saturated carbocycles. The van der Waals surface area contributed by atoms with Crippen LogP contribution in [-0.4, -0.2) is 164 Å². The number of aryl methyl sites for hydroxylation is 2. The van der Waals surface area contributed by atoms with Gasteiger partial charge < -0.3 is 45.0 Å². The van der Waals surface area contributed by atoms with Gasteiger partial charge >= 0.3 is 6.36 Å². The number of nitrogens with zero attached hydrogens (tertiary/aromatic N) is 7. The number of ether oxygens (including phenoxy) is 5. The summed E-state index contributed by atoms with van der Waals surface area (Å²) in [5.74, 6) is -3.31. The molecule has 1 aliphatic carbocycles. The smallest absolute Gasteiger partial charge is 0.404 e. The number of carbonyl (C=O) groups excluding carboxylic acids is 5. The van der Waals surface area contributed by atoms with Crippen molar-refractivity contribution in [2.24, 2.45) is 12.8 Å². The minimum atomic E-state index is -4.94. The Hall–Kier alpha value is -6.73. The fourth-order valence-corrected chi connectivity index (χ4v) is 8.67. The molecule has 0 radical (unpaired) electrons. The maximum absolute atomic E-state index is 13.5. The molecule has 3 aliphatic heterocycles. The second kappa shape index (κ2) is 21.7. The van der Waals surface area contributed by atoms with Crippen LogP contribution in [-0.2, 0) is 48.4 Å². The molecule has 8 rings (SSSR count). The highest BCUT2D eigenvalue weighted by molar-refractivity contribution is 6.25. The van der Waals surface area contributed by atoms with E-state index in [0.29, 0.717) is 133 Å². The fraction of sp³-hybridized carbons (Fsp3) is 0.467. The molecule has 0 spiro atoms. The summed E-state index contributed by atoms with van der Waals surface area (Å²) in [7, 11) is 1.67. The number of hydrogen-bond acceptors (Lipinski definition) is 17. The van der Waals surface area contributed by atoms with Gasteiger partial charge in [-0.3, -0.25) is 43.8 Å². The SMILES string of the molecule is Cn1nc(C(N)=O)c2c1-c1nc(Nc3cc(N4CCN(CCOCCOCCOCCOCCNc5cccc6c5C(=O)N(C5CCC(=O)NC5=O)C6=O)CC4)ccc3OC(F)(F)F)ncc1CC2. The average molecular weight is 964 g/mol. The summed E-state index contributed by atoms with van der Waals surface area (Å²) in [6.45, 7) is 6.73. The van der Waals surface area contributed by atoms with Crippen LogP contribution in [0.25, 0.3) is 11.4 Å². The summed E-state index contributed by atoms with van der Waals surface area (Å²) in [4.78, 5) is 76.5. The van der Waals surface area contributed by atoms with E-state index in [1.165, 1.54) is 16.8 Å². The second-order valence-corrected chi connectivity index (χ2v) is 16.5. The van der Waals surface area contributed by atoms with E-state index >= 15 is 0 Å². The standard InChI is InChI=1S/C45H52F3N11O10/c1-56-39-30(38(55-56)40(49)61)7-5-27-26-51-44(54-37(27)39)52-32-25-28(6-9-34(32)69-45(46,47)48)58-14-12-57(13-15-58)16-18-66-20-22-68-24-23-67-21-19-65-17-11-50-31-4-2-3-29-36(31)43(64)59(42(29)63)33-8-10-35(60)53-41(33)62/h2-4,6,9,25-26,33,50H,5,7-8,10-24H2,1H3,(H2,49,61)(H,51,52,54)(H,53,60,62). The molecule has 2 aromatic heterocycles. The molecular formula is C45H52F3N11O10. The predicted molar refractivity (Wildman–Crippen MR) is 240 cm³/mol. The van der Waals surface area contributed by atoms with Gasteiger partial charge in [0.1, 0.15) is 6.04 Å². The third-order valence-electron chi connectivity index (χ3n) is 12.0. The Morgan fingerprint density at radius 1 is 0.870 bits per heavy atom. The molecule has 4 aliphatic rings. The number of benzene rings is 2. The minimum Gasteiger partial charge on any atom is -0.404 e. The first-order valence-corrected chi connectivity index (χ1v) is 22.5. The number of nitrogens with two attached hydrogens (primary N) is 1. The number of piperazine rings is 1. The number of nitrogens with one attached hydrogen (secondary N) is 3. The number of alkyl halides is 3. The topological polar surface area (TPSA) is 247 Å². The summed E-state index contributed by atoms with van der Waals surface area (Å²) in [6, 6.07) is 8.27. The van der Waals surface area contributed by atoms with Crippen molar-refractivity contribution in [3.05, 3.63) is 70.5 Å².